The summed E-state index contributed by atoms with van der Waals surface area (Å²) in [6, 6.07) is 23.0. The third-order valence-corrected chi connectivity index (χ3v) is 4.40. The molecule has 0 heterocycles. The summed E-state index contributed by atoms with van der Waals surface area (Å²) in [5.74, 6) is -1.48. The lowest BCUT2D eigenvalue weighted by Gasteiger charge is -2.02. The summed E-state index contributed by atoms with van der Waals surface area (Å²) in [5.41, 5.74) is 2.38. The molecule has 6 nitrogen and oxygen atoms in total. The van der Waals surface area contributed by atoms with Gasteiger partial charge in [0.15, 0.2) is 0 Å². The van der Waals surface area contributed by atoms with E-state index in [1.165, 1.54) is 12.1 Å². The standard InChI is InChI=1S/C13H10O3.C11H8O3/c14-12-7-5-10(6-8-12)9-1-3-11(4-2-9)13(15)16;12-10-4-3-7-5-9(11(13)14)2-1-8(7)6-10/h1-8,14H,(H,15,16);1-6,12H,(H,13,14). The topological polar surface area (TPSA) is 115 Å². The fourth-order valence-electron chi connectivity index (χ4n) is 2.83. The summed E-state index contributed by atoms with van der Waals surface area (Å²) in [7, 11) is 0. The van der Waals surface area contributed by atoms with Gasteiger partial charge in [0.2, 0.25) is 0 Å². The summed E-state index contributed by atoms with van der Waals surface area (Å²) in [6.07, 6.45) is 0. The van der Waals surface area contributed by atoms with Crippen molar-refractivity contribution >= 4 is 22.7 Å². The number of aromatic hydroxyl groups is 2. The number of fused-ring (bicyclic) bond motifs is 1. The van der Waals surface area contributed by atoms with Crippen LogP contribution in [-0.4, -0.2) is 32.4 Å². The number of phenols is 2. The van der Waals surface area contributed by atoms with Gasteiger partial charge in [0, 0.05) is 0 Å². The van der Waals surface area contributed by atoms with Crippen molar-refractivity contribution in [1.82, 2.24) is 0 Å². The molecule has 4 N–H and O–H groups in total. The molecule has 0 saturated carbocycles. The Kier molecular flexibility index (Phi) is 5.98. The number of carboxylic acids is 2. The van der Waals surface area contributed by atoms with Crippen molar-refractivity contribution < 1.29 is 30.0 Å². The maximum absolute atomic E-state index is 10.7. The predicted molar refractivity (Wildman–Crippen MR) is 113 cm³/mol. The number of hydrogen-bond donors (Lipinski definition) is 4. The van der Waals surface area contributed by atoms with Crippen molar-refractivity contribution in [1.29, 1.82) is 0 Å². The molecule has 0 amide bonds. The van der Waals surface area contributed by atoms with Gasteiger partial charge < -0.3 is 20.4 Å². The third-order valence-electron chi connectivity index (χ3n) is 4.40. The zero-order chi connectivity index (χ0) is 21.7. The van der Waals surface area contributed by atoms with Crippen molar-refractivity contribution in [3.05, 3.63) is 96.1 Å². The Labute approximate surface area is 171 Å². The van der Waals surface area contributed by atoms with Gasteiger partial charge in [-0.3, -0.25) is 0 Å². The van der Waals surface area contributed by atoms with E-state index in [9.17, 15) is 14.7 Å². The second-order valence-electron chi connectivity index (χ2n) is 6.48. The van der Waals surface area contributed by atoms with Crippen LogP contribution in [0.2, 0.25) is 0 Å². The maximum atomic E-state index is 10.7. The summed E-state index contributed by atoms with van der Waals surface area (Å²) >= 11 is 0. The Bertz CT molecular complexity index is 1190. The number of hydrogen-bond acceptors (Lipinski definition) is 4. The highest BCUT2D eigenvalue weighted by Crippen LogP contribution is 2.22. The van der Waals surface area contributed by atoms with Crippen molar-refractivity contribution in [2.45, 2.75) is 0 Å². The van der Waals surface area contributed by atoms with Crippen LogP contribution in [0.4, 0.5) is 0 Å². The number of carboxylic acid groups (broad SMARTS) is 2. The van der Waals surface area contributed by atoms with Crippen LogP contribution in [0, 0.1) is 0 Å². The average Bonchev–Trinajstić information content (AvgIpc) is 2.74. The van der Waals surface area contributed by atoms with E-state index in [0.29, 0.717) is 0 Å². The summed E-state index contributed by atoms with van der Waals surface area (Å²) in [4.78, 5) is 21.3. The summed E-state index contributed by atoms with van der Waals surface area (Å²) in [5, 5.41) is 37.5. The molecule has 0 radical (unpaired) electrons. The number of carbonyl (C=O) groups is 2. The van der Waals surface area contributed by atoms with Crippen LogP contribution in [0.5, 0.6) is 11.5 Å². The van der Waals surface area contributed by atoms with Crippen LogP contribution in [-0.2, 0) is 0 Å². The third kappa shape index (κ3) is 4.94. The molecule has 6 heteroatoms. The van der Waals surface area contributed by atoms with E-state index in [4.69, 9.17) is 15.3 Å². The molecule has 0 fully saturated rings. The Balaban J connectivity index is 0.000000172. The molecule has 0 spiro atoms. The number of benzene rings is 4. The quantitative estimate of drug-likeness (QED) is 0.383. The molecule has 0 aliphatic heterocycles. The van der Waals surface area contributed by atoms with Gasteiger partial charge in [-0.25, -0.2) is 9.59 Å². The molecule has 0 unspecified atom stereocenters. The first-order chi connectivity index (χ1) is 14.3. The minimum Gasteiger partial charge on any atom is -0.508 e. The fraction of sp³-hybridized carbons (Fsp3) is 0. The average molecular weight is 402 g/mol. The Morgan fingerprint density at radius 2 is 0.933 bits per heavy atom. The smallest absolute Gasteiger partial charge is 0.335 e. The Morgan fingerprint density at radius 1 is 0.500 bits per heavy atom. The highest BCUT2D eigenvalue weighted by Gasteiger charge is 2.04. The molecular formula is C24H18O6. The van der Waals surface area contributed by atoms with Gasteiger partial charge in [-0.2, -0.15) is 0 Å². The van der Waals surface area contributed by atoms with Gasteiger partial charge in [0.25, 0.3) is 0 Å². The molecule has 0 aliphatic rings. The van der Waals surface area contributed by atoms with Crippen LogP contribution in [0.3, 0.4) is 0 Å². The minimum atomic E-state index is -0.944. The van der Waals surface area contributed by atoms with Gasteiger partial charge in [-0.15, -0.1) is 0 Å². The highest BCUT2D eigenvalue weighted by molar-refractivity contribution is 5.94. The largest absolute Gasteiger partial charge is 0.508 e. The molecule has 0 aromatic heterocycles. The van der Waals surface area contributed by atoms with Gasteiger partial charge in [-0.1, -0.05) is 36.4 Å². The molecule has 4 rings (SSSR count). The van der Waals surface area contributed by atoms with E-state index < -0.39 is 11.9 Å². The minimum absolute atomic E-state index is 0.181. The van der Waals surface area contributed by atoms with Gasteiger partial charge in [-0.05, 0) is 70.4 Å². The molecule has 0 bridgehead atoms. The second-order valence-corrected chi connectivity index (χ2v) is 6.48. The van der Waals surface area contributed by atoms with E-state index in [1.54, 1.807) is 72.8 Å². The van der Waals surface area contributed by atoms with Crippen molar-refractivity contribution in [2.75, 3.05) is 0 Å². The monoisotopic (exact) mass is 402 g/mol. The van der Waals surface area contributed by atoms with Gasteiger partial charge in [0.1, 0.15) is 11.5 Å². The number of rotatable bonds is 3. The van der Waals surface area contributed by atoms with E-state index >= 15 is 0 Å². The zero-order valence-corrected chi connectivity index (χ0v) is 15.7. The normalized spacial score (nSPS) is 10.1. The maximum Gasteiger partial charge on any atom is 0.335 e. The number of phenolic OH excluding ortho intramolecular Hbond substituents is 2. The van der Waals surface area contributed by atoms with Crippen LogP contribution >= 0.6 is 0 Å². The predicted octanol–water partition coefficient (Wildman–Crippen LogP) is 5.00. The lowest BCUT2D eigenvalue weighted by atomic mass is 10.0. The zero-order valence-electron chi connectivity index (χ0n) is 15.7. The van der Waals surface area contributed by atoms with Crippen molar-refractivity contribution in [3.63, 3.8) is 0 Å². The van der Waals surface area contributed by atoms with E-state index in [2.05, 4.69) is 0 Å². The molecule has 30 heavy (non-hydrogen) atoms. The number of aromatic carboxylic acids is 2. The molecular weight excluding hydrogens is 384 g/mol. The van der Waals surface area contributed by atoms with Crippen molar-refractivity contribution in [2.24, 2.45) is 0 Å². The molecule has 0 atom stereocenters. The van der Waals surface area contributed by atoms with Crippen LogP contribution in [0.15, 0.2) is 84.9 Å². The van der Waals surface area contributed by atoms with Crippen LogP contribution in [0.1, 0.15) is 20.7 Å². The molecule has 0 aliphatic carbocycles. The lowest BCUT2D eigenvalue weighted by Crippen LogP contribution is -1.94. The first-order valence-corrected chi connectivity index (χ1v) is 8.92. The molecule has 4 aromatic rings. The van der Waals surface area contributed by atoms with Crippen LogP contribution in [0.25, 0.3) is 21.9 Å². The highest BCUT2D eigenvalue weighted by atomic mass is 16.4. The first kappa shape index (κ1) is 20.4. The molecule has 150 valence electrons. The molecule has 0 saturated heterocycles. The van der Waals surface area contributed by atoms with E-state index in [-0.39, 0.29) is 22.6 Å². The Morgan fingerprint density at radius 3 is 1.50 bits per heavy atom. The lowest BCUT2D eigenvalue weighted by molar-refractivity contribution is 0.0686. The van der Waals surface area contributed by atoms with Gasteiger partial charge in [0.05, 0.1) is 11.1 Å². The van der Waals surface area contributed by atoms with Crippen molar-refractivity contribution in [3.8, 4) is 22.6 Å². The SMILES string of the molecule is O=C(O)c1ccc(-c2ccc(O)cc2)cc1.O=C(O)c1ccc2cc(O)ccc2c1. The Hall–Kier alpha value is -4.32. The van der Waals surface area contributed by atoms with E-state index in [0.717, 1.165) is 21.9 Å². The summed E-state index contributed by atoms with van der Waals surface area (Å²) in [6.45, 7) is 0. The van der Waals surface area contributed by atoms with Gasteiger partial charge >= 0.3 is 11.9 Å². The fourth-order valence-corrected chi connectivity index (χ4v) is 2.83. The second kappa shape index (κ2) is 8.79. The molecule has 4 aromatic carbocycles. The summed E-state index contributed by atoms with van der Waals surface area (Å²) < 4.78 is 0. The first-order valence-electron chi connectivity index (χ1n) is 8.92. The van der Waals surface area contributed by atoms with E-state index in [1.807, 2.05) is 0 Å². The van der Waals surface area contributed by atoms with Crippen LogP contribution < -0.4 is 0 Å².